The second-order valence-corrected chi connectivity index (χ2v) is 10.4. The van der Waals surface area contributed by atoms with E-state index in [-0.39, 0.29) is 11.1 Å². The lowest BCUT2D eigenvalue weighted by Gasteiger charge is -2.33. The van der Waals surface area contributed by atoms with Gasteiger partial charge in [-0.15, -0.1) is 10.2 Å². The summed E-state index contributed by atoms with van der Waals surface area (Å²) in [7, 11) is 0.302. The molecule has 0 unspecified atom stereocenters. The van der Waals surface area contributed by atoms with Crippen molar-refractivity contribution in [2.75, 3.05) is 39.1 Å². The first-order chi connectivity index (χ1) is 15.9. The highest BCUT2D eigenvalue weighted by atomic mass is 32.2. The zero-order valence-corrected chi connectivity index (χ0v) is 19.5. The highest BCUT2D eigenvalue weighted by molar-refractivity contribution is 7.88. The second-order valence-electron chi connectivity index (χ2n) is 8.50. The number of aromatic nitrogens is 4. The van der Waals surface area contributed by atoms with Crippen LogP contribution in [0.15, 0.2) is 41.8 Å². The molecule has 1 fully saturated rings. The molecule has 2 aliphatic rings. The maximum atomic E-state index is 13.1. The number of aromatic amines is 1. The maximum absolute atomic E-state index is 13.1. The van der Waals surface area contributed by atoms with Crippen LogP contribution in [0.2, 0.25) is 0 Å². The minimum Gasteiger partial charge on any atom is -0.493 e. The Labute approximate surface area is 193 Å². The quantitative estimate of drug-likeness (QED) is 0.565. The predicted octanol–water partition coefficient (Wildman–Crippen LogP) is 2.26. The third-order valence-corrected chi connectivity index (χ3v) is 8.04. The van der Waals surface area contributed by atoms with Crippen molar-refractivity contribution in [2.24, 2.45) is 0 Å². The van der Waals surface area contributed by atoms with E-state index >= 15 is 0 Å². The van der Waals surface area contributed by atoms with Crippen molar-refractivity contribution in [3.05, 3.63) is 42.2 Å². The van der Waals surface area contributed by atoms with Crippen molar-refractivity contribution in [3.63, 3.8) is 0 Å². The first kappa shape index (κ1) is 21.8. The van der Waals surface area contributed by atoms with Crippen LogP contribution in [0.5, 0.6) is 5.75 Å². The van der Waals surface area contributed by atoms with E-state index < -0.39 is 10.0 Å². The van der Waals surface area contributed by atoms with Crippen molar-refractivity contribution in [1.29, 1.82) is 0 Å². The van der Waals surface area contributed by atoms with Gasteiger partial charge in [0.1, 0.15) is 5.75 Å². The molecule has 0 atom stereocenters. The normalized spacial score (nSPS) is 17.2. The van der Waals surface area contributed by atoms with Crippen LogP contribution in [0.1, 0.15) is 18.4 Å². The largest absolute Gasteiger partial charge is 0.493 e. The number of H-pyrrole nitrogens is 1. The lowest BCUT2D eigenvalue weighted by Crippen LogP contribution is -2.44. The van der Waals surface area contributed by atoms with Gasteiger partial charge in [0.2, 0.25) is 5.95 Å². The molecule has 33 heavy (non-hydrogen) atoms. The fourth-order valence-corrected chi connectivity index (χ4v) is 5.75. The summed E-state index contributed by atoms with van der Waals surface area (Å²) >= 11 is 0. The monoisotopic (exact) mass is 469 g/mol. The number of sulfonamides is 1. The minimum absolute atomic E-state index is 0.150. The molecule has 0 radical (unpaired) electrons. The van der Waals surface area contributed by atoms with E-state index in [1.165, 1.54) is 4.31 Å². The molecule has 0 aliphatic carbocycles. The lowest BCUT2D eigenvalue weighted by molar-refractivity contribution is 0.196. The van der Waals surface area contributed by atoms with Crippen LogP contribution in [-0.2, 0) is 16.4 Å². The number of anilines is 2. The van der Waals surface area contributed by atoms with Crippen molar-refractivity contribution in [2.45, 2.75) is 30.5 Å². The molecule has 10 nitrogen and oxygen atoms in total. The Morgan fingerprint density at radius 1 is 1.12 bits per heavy atom. The molecule has 5 rings (SSSR count). The summed E-state index contributed by atoms with van der Waals surface area (Å²) in [4.78, 5) is 9.12. The van der Waals surface area contributed by atoms with E-state index in [1.807, 2.05) is 38.4 Å². The van der Waals surface area contributed by atoms with Crippen molar-refractivity contribution >= 4 is 21.7 Å². The van der Waals surface area contributed by atoms with E-state index in [4.69, 9.17) is 4.74 Å². The average Bonchev–Trinajstić information content (AvgIpc) is 3.50. The third-order valence-electron chi connectivity index (χ3n) is 6.32. The molecule has 0 saturated carbocycles. The Bertz CT molecular complexity index is 1240. The molecule has 11 heteroatoms. The van der Waals surface area contributed by atoms with Gasteiger partial charge in [0.25, 0.3) is 15.2 Å². The topological polar surface area (TPSA) is 116 Å². The van der Waals surface area contributed by atoms with Crippen LogP contribution in [0.4, 0.5) is 11.6 Å². The second kappa shape index (κ2) is 8.73. The van der Waals surface area contributed by atoms with Crippen LogP contribution in [0.25, 0.3) is 11.1 Å². The number of hydrogen-bond acceptors (Lipinski definition) is 8. The van der Waals surface area contributed by atoms with Gasteiger partial charge in [0.15, 0.2) is 0 Å². The van der Waals surface area contributed by atoms with Crippen molar-refractivity contribution in [1.82, 2.24) is 29.4 Å². The Hall–Kier alpha value is -3.02. The van der Waals surface area contributed by atoms with E-state index in [9.17, 15) is 8.42 Å². The smallest absolute Gasteiger partial charge is 0.278 e. The predicted molar refractivity (Wildman–Crippen MR) is 124 cm³/mol. The number of benzene rings is 1. The number of fused-ring (bicyclic) bond motifs is 1. The fourth-order valence-electron chi connectivity index (χ4n) is 4.45. The van der Waals surface area contributed by atoms with Crippen LogP contribution >= 0.6 is 0 Å². The Morgan fingerprint density at radius 3 is 2.61 bits per heavy atom. The molecule has 2 aromatic heterocycles. The van der Waals surface area contributed by atoms with Gasteiger partial charge in [-0.2, -0.15) is 4.31 Å². The van der Waals surface area contributed by atoms with Gasteiger partial charge in [-0.05, 0) is 56.8 Å². The summed E-state index contributed by atoms with van der Waals surface area (Å²) in [6, 6.07) is 8.17. The summed E-state index contributed by atoms with van der Waals surface area (Å²) in [5.41, 5.74) is 3.78. The first-order valence-corrected chi connectivity index (χ1v) is 12.4. The number of hydrogen-bond donors (Lipinski definition) is 2. The minimum atomic E-state index is -3.74. The molecule has 1 saturated heterocycles. The standard InChI is InChI=1S/C22H27N7O3S/c1-28(2)16-7-12-29(13-8-16)33(30,31)22-25-21(26-27-22)24-20-17(15-5-10-23-11-6-15)3-4-19-18(20)9-14-32-19/h3-6,10-11,16H,7-9,12-14H2,1-2H3,(H2,24,25,26,27). The van der Waals surface area contributed by atoms with Gasteiger partial charge in [-0.1, -0.05) is 0 Å². The zero-order valence-electron chi connectivity index (χ0n) is 18.7. The van der Waals surface area contributed by atoms with Gasteiger partial charge >= 0.3 is 0 Å². The van der Waals surface area contributed by atoms with E-state index in [2.05, 4.69) is 30.4 Å². The summed E-state index contributed by atoms with van der Waals surface area (Å²) < 4.78 is 33.5. The number of pyridine rings is 1. The van der Waals surface area contributed by atoms with Gasteiger partial charge in [0, 0.05) is 49.1 Å². The maximum Gasteiger partial charge on any atom is 0.278 e. The van der Waals surface area contributed by atoms with Crippen LogP contribution in [0.3, 0.4) is 0 Å². The molecule has 174 valence electrons. The fraction of sp³-hybridized carbons (Fsp3) is 0.409. The zero-order chi connectivity index (χ0) is 23.0. The number of piperidine rings is 1. The number of rotatable bonds is 6. The van der Waals surface area contributed by atoms with Crippen molar-refractivity contribution in [3.8, 4) is 16.9 Å². The number of nitrogens with one attached hydrogen (secondary N) is 2. The Morgan fingerprint density at radius 2 is 1.88 bits per heavy atom. The van der Waals surface area contributed by atoms with E-state index in [0.717, 1.165) is 47.4 Å². The van der Waals surface area contributed by atoms with E-state index in [0.29, 0.717) is 25.7 Å². The highest BCUT2D eigenvalue weighted by Crippen LogP contribution is 2.40. The summed E-state index contributed by atoms with van der Waals surface area (Å²) in [6.45, 7) is 1.53. The number of ether oxygens (including phenoxy) is 1. The van der Waals surface area contributed by atoms with Crippen LogP contribution < -0.4 is 10.1 Å². The molecule has 3 aromatic rings. The summed E-state index contributed by atoms with van der Waals surface area (Å²) in [6.07, 6.45) is 5.80. The molecule has 0 spiro atoms. The summed E-state index contributed by atoms with van der Waals surface area (Å²) in [5.74, 6) is 1.08. The molecule has 0 bridgehead atoms. The average molecular weight is 470 g/mol. The van der Waals surface area contributed by atoms with Crippen molar-refractivity contribution < 1.29 is 13.2 Å². The molecule has 2 aliphatic heterocycles. The lowest BCUT2D eigenvalue weighted by atomic mass is 9.99. The molecular weight excluding hydrogens is 442 g/mol. The van der Waals surface area contributed by atoms with Crippen LogP contribution in [-0.4, -0.2) is 77.6 Å². The summed E-state index contributed by atoms with van der Waals surface area (Å²) in [5, 5.41) is 11.2. The van der Waals surface area contributed by atoms with Gasteiger partial charge < -0.3 is 15.0 Å². The van der Waals surface area contributed by atoms with Gasteiger partial charge in [-0.3, -0.25) is 9.97 Å². The molecule has 1 aromatic carbocycles. The van der Waals surface area contributed by atoms with Gasteiger partial charge in [0.05, 0.1) is 12.3 Å². The van der Waals surface area contributed by atoms with E-state index in [1.54, 1.807) is 12.4 Å². The molecule has 4 heterocycles. The van der Waals surface area contributed by atoms with Gasteiger partial charge in [-0.25, -0.2) is 8.42 Å². The SMILES string of the molecule is CN(C)C1CCN(S(=O)(=O)c2nnc(Nc3c(-c4ccncc4)ccc4c3CCO4)[nH]2)CC1. The molecule has 2 N–H and O–H groups in total. The highest BCUT2D eigenvalue weighted by Gasteiger charge is 2.33. The first-order valence-electron chi connectivity index (χ1n) is 11.0. The molecule has 0 amide bonds. The third kappa shape index (κ3) is 4.19. The van der Waals surface area contributed by atoms with Crippen LogP contribution in [0, 0.1) is 0 Å². The number of nitrogens with zero attached hydrogens (tertiary/aromatic N) is 5. The molecular formula is C22H27N7O3S. The Kier molecular flexibility index (Phi) is 5.77. The Balaban J connectivity index is 1.41.